The maximum Gasteiger partial charge on any atom is 0.223 e. The molecular weight excluding hydrogens is 126 g/mol. The highest BCUT2D eigenvalue weighted by Gasteiger charge is 2.05. The molecule has 1 N–H and O–H groups in total. The third-order valence-electron chi connectivity index (χ3n) is 1.66. The Hall–Kier alpha value is -0.790. The minimum Gasteiger partial charge on any atom is -0.330 e. The first kappa shape index (κ1) is 7.32. The molecule has 0 radical (unpaired) electrons. The van der Waals surface area contributed by atoms with Crippen LogP contribution in [0.5, 0.6) is 0 Å². The normalized spacial score (nSPS) is 16.7. The van der Waals surface area contributed by atoms with Crippen LogP contribution in [-0.2, 0) is 4.79 Å². The van der Waals surface area contributed by atoms with Gasteiger partial charge in [0.15, 0.2) is 0 Å². The van der Waals surface area contributed by atoms with Crippen molar-refractivity contribution >= 4 is 5.91 Å². The average molecular weight is 139 g/mol. The van der Waals surface area contributed by atoms with Crippen molar-refractivity contribution in [1.29, 1.82) is 0 Å². The lowest BCUT2D eigenvalue weighted by Crippen LogP contribution is -2.20. The molecule has 56 valence electrons. The Kier molecular flexibility index (Phi) is 2.49. The van der Waals surface area contributed by atoms with Crippen LogP contribution >= 0.6 is 0 Å². The van der Waals surface area contributed by atoms with Crippen LogP contribution < -0.4 is 5.32 Å². The second-order valence-electron chi connectivity index (χ2n) is 2.52. The minimum atomic E-state index is 0.133. The smallest absolute Gasteiger partial charge is 0.223 e. The van der Waals surface area contributed by atoms with Gasteiger partial charge in [-0.3, -0.25) is 4.79 Å². The van der Waals surface area contributed by atoms with Crippen molar-refractivity contribution in [1.82, 2.24) is 5.32 Å². The van der Waals surface area contributed by atoms with Crippen molar-refractivity contribution < 1.29 is 4.79 Å². The molecule has 0 aliphatic heterocycles. The van der Waals surface area contributed by atoms with Gasteiger partial charge in [-0.15, -0.1) is 0 Å². The maximum absolute atomic E-state index is 10.8. The average Bonchev–Trinajstić information content (AvgIpc) is 2.40. The molecule has 0 atom stereocenters. The fourth-order valence-corrected chi connectivity index (χ4v) is 1.05. The first-order valence-corrected chi connectivity index (χ1v) is 3.82. The minimum absolute atomic E-state index is 0.133. The Balaban J connectivity index is 2.30. The SMILES string of the molecule is CCC(=O)NC1=CCCC1. The molecule has 0 saturated carbocycles. The molecule has 0 fully saturated rings. The van der Waals surface area contributed by atoms with E-state index in [-0.39, 0.29) is 5.91 Å². The van der Waals surface area contributed by atoms with Crippen LogP contribution in [0.4, 0.5) is 0 Å². The molecule has 0 unspecified atom stereocenters. The largest absolute Gasteiger partial charge is 0.330 e. The Morgan fingerprint density at radius 3 is 3.10 bits per heavy atom. The summed E-state index contributed by atoms with van der Waals surface area (Å²) < 4.78 is 0. The van der Waals surface area contributed by atoms with Crippen molar-refractivity contribution in [3.8, 4) is 0 Å². The summed E-state index contributed by atoms with van der Waals surface area (Å²) in [5.74, 6) is 0.133. The van der Waals surface area contributed by atoms with Crippen LogP contribution in [0.1, 0.15) is 32.6 Å². The fourth-order valence-electron chi connectivity index (χ4n) is 1.05. The second-order valence-corrected chi connectivity index (χ2v) is 2.52. The van der Waals surface area contributed by atoms with Crippen molar-refractivity contribution in [2.75, 3.05) is 0 Å². The van der Waals surface area contributed by atoms with E-state index in [1.54, 1.807) is 0 Å². The van der Waals surface area contributed by atoms with Crippen LogP contribution in [0, 0.1) is 0 Å². The van der Waals surface area contributed by atoms with Crippen molar-refractivity contribution in [2.24, 2.45) is 0 Å². The van der Waals surface area contributed by atoms with Gasteiger partial charge in [0.2, 0.25) is 5.91 Å². The van der Waals surface area contributed by atoms with Gasteiger partial charge < -0.3 is 5.32 Å². The van der Waals surface area contributed by atoms with E-state index >= 15 is 0 Å². The summed E-state index contributed by atoms with van der Waals surface area (Å²) in [7, 11) is 0. The molecule has 0 saturated heterocycles. The van der Waals surface area contributed by atoms with Crippen LogP contribution in [0.3, 0.4) is 0 Å². The number of amides is 1. The number of carbonyl (C=O) groups excluding carboxylic acids is 1. The van der Waals surface area contributed by atoms with Crippen molar-refractivity contribution in [3.05, 3.63) is 11.8 Å². The van der Waals surface area contributed by atoms with E-state index in [1.165, 1.54) is 6.42 Å². The third kappa shape index (κ3) is 1.87. The molecule has 1 amide bonds. The number of rotatable bonds is 2. The van der Waals surface area contributed by atoms with Crippen molar-refractivity contribution in [2.45, 2.75) is 32.6 Å². The summed E-state index contributed by atoms with van der Waals surface area (Å²) in [5, 5.41) is 2.85. The lowest BCUT2D eigenvalue weighted by Gasteiger charge is -2.01. The zero-order valence-electron chi connectivity index (χ0n) is 6.31. The van der Waals surface area contributed by atoms with Crippen LogP contribution in [0.15, 0.2) is 11.8 Å². The molecule has 0 aromatic carbocycles. The Morgan fingerprint density at radius 1 is 1.80 bits per heavy atom. The summed E-state index contributed by atoms with van der Waals surface area (Å²) in [6, 6.07) is 0. The Morgan fingerprint density at radius 2 is 2.60 bits per heavy atom. The molecule has 2 nitrogen and oxygen atoms in total. The molecular formula is C8H13NO. The van der Waals surface area contributed by atoms with Gasteiger partial charge in [-0.1, -0.05) is 13.0 Å². The lowest BCUT2D eigenvalue weighted by atomic mass is 10.3. The first-order chi connectivity index (χ1) is 4.83. The second kappa shape index (κ2) is 3.40. The van der Waals surface area contributed by atoms with E-state index in [1.807, 2.05) is 6.92 Å². The third-order valence-corrected chi connectivity index (χ3v) is 1.66. The summed E-state index contributed by atoms with van der Waals surface area (Å²) in [6.45, 7) is 1.87. The topological polar surface area (TPSA) is 29.1 Å². The monoisotopic (exact) mass is 139 g/mol. The maximum atomic E-state index is 10.8. The number of allylic oxidation sites excluding steroid dienone is 2. The number of nitrogens with one attached hydrogen (secondary N) is 1. The molecule has 0 spiro atoms. The van der Waals surface area contributed by atoms with E-state index in [0.717, 1.165) is 18.5 Å². The van der Waals surface area contributed by atoms with E-state index in [2.05, 4.69) is 11.4 Å². The Labute approximate surface area is 61.3 Å². The van der Waals surface area contributed by atoms with Gasteiger partial charge in [0.25, 0.3) is 0 Å². The number of carbonyl (C=O) groups is 1. The van der Waals surface area contributed by atoms with E-state index in [0.29, 0.717) is 6.42 Å². The lowest BCUT2D eigenvalue weighted by molar-refractivity contribution is -0.120. The Bertz CT molecular complexity index is 161. The highest BCUT2D eigenvalue weighted by atomic mass is 16.1. The van der Waals surface area contributed by atoms with Gasteiger partial charge in [0.1, 0.15) is 0 Å². The predicted molar refractivity (Wildman–Crippen MR) is 40.4 cm³/mol. The zero-order chi connectivity index (χ0) is 7.40. The van der Waals surface area contributed by atoms with Gasteiger partial charge >= 0.3 is 0 Å². The summed E-state index contributed by atoms with van der Waals surface area (Å²) in [4.78, 5) is 10.8. The van der Waals surface area contributed by atoms with E-state index < -0.39 is 0 Å². The molecule has 0 aromatic heterocycles. The summed E-state index contributed by atoms with van der Waals surface area (Å²) >= 11 is 0. The molecule has 0 bridgehead atoms. The highest BCUT2D eigenvalue weighted by Crippen LogP contribution is 2.14. The molecule has 2 heteroatoms. The molecule has 1 rings (SSSR count). The standard InChI is InChI=1S/C8H13NO/c1-2-8(10)9-7-5-3-4-6-7/h5H,2-4,6H2,1H3,(H,9,10). The predicted octanol–water partition coefficient (Wildman–Crippen LogP) is 1.58. The molecule has 0 aromatic rings. The molecule has 1 aliphatic carbocycles. The van der Waals surface area contributed by atoms with Crippen LogP contribution in [0.25, 0.3) is 0 Å². The van der Waals surface area contributed by atoms with Gasteiger partial charge in [-0.2, -0.15) is 0 Å². The van der Waals surface area contributed by atoms with Gasteiger partial charge in [0.05, 0.1) is 0 Å². The number of hydrogen-bond donors (Lipinski definition) is 1. The van der Waals surface area contributed by atoms with Gasteiger partial charge in [-0.25, -0.2) is 0 Å². The van der Waals surface area contributed by atoms with Crippen LogP contribution in [0.2, 0.25) is 0 Å². The first-order valence-electron chi connectivity index (χ1n) is 3.82. The zero-order valence-corrected chi connectivity index (χ0v) is 6.31. The van der Waals surface area contributed by atoms with Gasteiger partial charge in [-0.05, 0) is 19.3 Å². The summed E-state index contributed by atoms with van der Waals surface area (Å²) in [6.07, 6.45) is 6.05. The van der Waals surface area contributed by atoms with Gasteiger partial charge in [0, 0.05) is 12.1 Å². The van der Waals surface area contributed by atoms with E-state index in [9.17, 15) is 4.79 Å². The van der Waals surface area contributed by atoms with Crippen LogP contribution in [-0.4, -0.2) is 5.91 Å². The summed E-state index contributed by atoms with van der Waals surface area (Å²) in [5.41, 5.74) is 1.12. The fraction of sp³-hybridized carbons (Fsp3) is 0.625. The van der Waals surface area contributed by atoms with Crippen molar-refractivity contribution in [3.63, 3.8) is 0 Å². The van der Waals surface area contributed by atoms with E-state index in [4.69, 9.17) is 0 Å². The highest BCUT2D eigenvalue weighted by molar-refractivity contribution is 5.77. The molecule has 0 heterocycles. The molecule has 10 heavy (non-hydrogen) atoms. The quantitative estimate of drug-likeness (QED) is 0.618. The number of hydrogen-bond acceptors (Lipinski definition) is 1. The molecule has 1 aliphatic rings.